The summed E-state index contributed by atoms with van der Waals surface area (Å²) in [5.41, 5.74) is 1.44. The Balaban J connectivity index is 2.04. The van der Waals surface area contributed by atoms with E-state index in [9.17, 15) is 4.79 Å². The molecule has 1 aliphatic rings. The molecule has 1 heterocycles. The number of nitrogens with zero attached hydrogens (tertiary/aromatic N) is 1. The average Bonchev–Trinajstić information content (AvgIpc) is 2.89. The Morgan fingerprint density at radius 3 is 2.89 bits per heavy atom. The quantitative estimate of drug-likeness (QED) is 0.616. The lowest BCUT2D eigenvalue weighted by molar-refractivity contribution is -0.147. The average molecular weight is 282 g/mol. The number of carbonyl (C=O) groups is 1. The summed E-state index contributed by atoms with van der Waals surface area (Å²) < 4.78 is 5.22. The normalized spacial score (nSPS) is 17.8. The van der Waals surface area contributed by atoms with Crippen molar-refractivity contribution in [2.24, 2.45) is 11.1 Å². The molecule has 0 N–H and O–H groups in total. The molecule has 19 heavy (non-hydrogen) atoms. The maximum atomic E-state index is 12.0. The molecule has 0 radical (unpaired) electrons. The van der Waals surface area contributed by atoms with E-state index in [2.05, 4.69) is 5.16 Å². The molecule has 1 aromatic rings. The van der Waals surface area contributed by atoms with Crippen molar-refractivity contribution in [2.75, 3.05) is 13.2 Å². The smallest absolute Gasteiger partial charge is 0.318 e. The summed E-state index contributed by atoms with van der Waals surface area (Å²) in [4.78, 5) is 17.0. The fourth-order valence-corrected chi connectivity index (χ4v) is 1.92. The number of hydrogen-bond acceptors (Lipinski definition) is 4. The van der Waals surface area contributed by atoms with E-state index in [0.717, 1.165) is 18.4 Å². The number of ether oxygens (including phenoxy) is 1. The van der Waals surface area contributed by atoms with Gasteiger partial charge < -0.3 is 9.57 Å². The Kier molecular flexibility index (Phi) is 4.80. The monoisotopic (exact) mass is 281 g/mol. The first-order chi connectivity index (χ1) is 9.22. The Hall–Kier alpha value is -1.55. The Morgan fingerprint density at radius 2 is 2.21 bits per heavy atom. The Labute approximate surface area is 117 Å². The van der Waals surface area contributed by atoms with Gasteiger partial charge in [0.15, 0.2) is 0 Å². The molecule has 1 aliphatic heterocycles. The molecule has 0 aromatic heterocycles. The van der Waals surface area contributed by atoms with Gasteiger partial charge in [-0.3, -0.25) is 4.79 Å². The van der Waals surface area contributed by atoms with Gasteiger partial charge in [0, 0.05) is 10.6 Å². The van der Waals surface area contributed by atoms with Crippen LogP contribution in [-0.4, -0.2) is 24.9 Å². The maximum Gasteiger partial charge on any atom is 0.318 e. The van der Waals surface area contributed by atoms with Crippen molar-refractivity contribution in [3.63, 3.8) is 0 Å². The summed E-state index contributed by atoms with van der Waals surface area (Å²) in [7, 11) is 0. The standard InChI is InChI=1S/C14H16ClNO3/c1-2-3-8-18-14(17)12-9-19-16-13(12)10-4-6-11(15)7-5-10/h4-7,12H,2-3,8-9H2,1H3/t12-/m1/s1. The minimum absolute atomic E-state index is 0.239. The molecule has 0 saturated heterocycles. The lowest BCUT2D eigenvalue weighted by Crippen LogP contribution is -2.26. The SMILES string of the molecule is CCCCOC(=O)[C@@H]1CON=C1c1ccc(Cl)cc1. The third-order valence-corrected chi connectivity index (χ3v) is 3.15. The predicted molar refractivity (Wildman–Crippen MR) is 73.3 cm³/mol. The molecule has 102 valence electrons. The second kappa shape index (κ2) is 6.57. The van der Waals surface area contributed by atoms with Crippen LogP contribution in [0.4, 0.5) is 0 Å². The van der Waals surface area contributed by atoms with Crippen LogP contribution in [0.15, 0.2) is 29.4 Å². The number of halogens is 1. The molecule has 0 unspecified atom stereocenters. The molecule has 0 fully saturated rings. The molecule has 0 saturated carbocycles. The van der Waals surface area contributed by atoms with E-state index in [1.807, 2.05) is 19.1 Å². The zero-order valence-corrected chi connectivity index (χ0v) is 11.5. The van der Waals surface area contributed by atoms with Crippen molar-refractivity contribution < 1.29 is 14.4 Å². The van der Waals surface area contributed by atoms with Gasteiger partial charge in [-0.1, -0.05) is 42.2 Å². The van der Waals surface area contributed by atoms with Crippen LogP contribution in [0.25, 0.3) is 0 Å². The third-order valence-electron chi connectivity index (χ3n) is 2.90. The van der Waals surface area contributed by atoms with E-state index in [4.69, 9.17) is 21.2 Å². The zero-order chi connectivity index (χ0) is 13.7. The number of rotatable bonds is 5. The van der Waals surface area contributed by atoms with Crippen LogP contribution in [-0.2, 0) is 14.4 Å². The van der Waals surface area contributed by atoms with Crippen LogP contribution in [0.5, 0.6) is 0 Å². The fraction of sp³-hybridized carbons (Fsp3) is 0.429. The highest BCUT2D eigenvalue weighted by Gasteiger charge is 2.32. The molecule has 1 atom stereocenters. The number of oxime groups is 1. The first-order valence-electron chi connectivity index (χ1n) is 6.34. The molecule has 0 bridgehead atoms. The molecule has 5 heteroatoms. The maximum absolute atomic E-state index is 12.0. The van der Waals surface area contributed by atoms with Gasteiger partial charge in [-0.15, -0.1) is 0 Å². The summed E-state index contributed by atoms with van der Waals surface area (Å²) in [5, 5.41) is 4.58. The van der Waals surface area contributed by atoms with Gasteiger partial charge in [-0.05, 0) is 18.6 Å². The second-order valence-electron chi connectivity index (χ2n) is 4.35. The molecule has 0 amide bonds. The highest BCUT2D eigenvalue weighted by Crippen LogP contribution is 2.20. The van der Waals surface area contributed by atoms with Crippen LogP contribution >= 0.6 is 11.6 Å². The highest BCUT2D eigenvalue weighted by atomic mass is 35.5. The lowest BCUT2D eigenvalue weighted by atomic mass is 9.98. The number of hydrogen-bond donors (Lipinski definition) is 0. The summed E-state index contributed by atoms with van der Waals surface area (Å²) in [6.45, 7) is 2.73. The van der Waals surface area contributed by atoms with E-state index in [1.165, 1.54) is 0 Å². The number of benzene rings is 1. The fourth-order valence-electron chi connectivity index (χ4n) is 1.80. The van der Waals surface area contributed by atoms with Gasteiger partial charge in [0.2, 0.25) is 0 Å². The van der Waals surface area contributed by atoms with E-state index < -0.39 is 5.92 Å². The summed E-state index contributed by atoms with van der Waals surface area (Å²) in [5.74, 6) is -0.724. The summed E-state index contributed by atoms with van der Waals surface area (Å²) in [6, 6.07) is 7.17. The van der Waals surface area contributed by atoms with Crippen LogP contribution in [0.2, 0.25) is 5.02 Å². The van der Waals surface area contributed by atoms with E-state index in [0.29, 0.717) is 17.3 Å². The van der Waals surface area contributed by atoms with Gasteiger partial charge in [0.05, 0.1) is 6.61 Å². The Morgan fingerprint density at radius 1 is 1.47 bits per heavy atom. The molecule has 0 aliphatic carbocycles. The number of unbranched alkanes of at least 4 members (excludes halogenated alkanes) is 1. The molecule has 1 aromatic carbocycles. The minimum Gasteiger partial charge on any atom is -0.465 e. The molecular weight excluding hydrogens is 266 g/mol. The summed E-state index contributed by atoms with van der Waals surface area (Å²) >= 11 is 5.84. The van der Waals surface area contributed by atoms with Crippen molar-refractivity contribution in [3.05, 3.63) is 34.9 Å². The van der Waals surface area contributed by atoms with Crippen LogP contribution in [0.1, 0.15) is 25.3 Å². The number of carbonyl (C=O) groups excluding carboxylic acids is 1. The van der Waals surface area contributed by atoms with Gasteiger partial charge in [0.1, 0.15) is 18.2 Å². The van der Waals surface area contributed by atoms with Crippen molar-refractivity contribution in [1.82, 2.24) is 0 Å². The van der Waals surface area contributed by atoms with Gasteiger partial charge in [-0.2, -0.15) is 0 Å². The van der Waals surface area contributed by atoms with Crippen molar-refractivity contribution in [1.29, 1.82) is 0 Å². The zero-order valence-electron chi connectivity index (χ0n) is 10.8. The first-order valence-corrected chi connectivity index (χ1v) is 6.72. The first kappa shape index (κ1) is 13.9. The highest BCUT2D eigenvalue weighted by molar-refractivity contribution is 6.30. The third kappa shape index (κ3) is 3.47. The predicted octanol–water partition coefficient (Wildman–Crippen LogP) is 3.03. The van der Waals surface area contributed by atoms with Gasteiger partial charge in [0.25, 0.3) is 0 Å². The van der Waals surface area contributed by atoms with Crippen LogP contribution in [0.3, 0.4) is 0 Å². The van der Waals surface area contributed by atoms with E-state index >= 15 is 0 Å². The van der Waals surface area contributed by atoms with Crippen LogP contribution in [0, 0.1) is 5.92 Å². The van der Waals surface area contributed by atoms with Gasteiger partial charge in [-0.25, -0.2) is 0 Å². The summed E-state index contributed by atoms with van der Waals surface area (Å²) in [6.07, 6.45) is 1.86. The molecule has 0 spiro atoms. The number of esters is 1. The van der Waals surface area contributed by atoms with Crippen LogP contribution < -0.4 is 0 Å². The van der Waals surface area contributed by atoms with Crippen molar-refractivity contribution in [3.8, 4) is 0 Å². The second-order valence-corrected chi connectivity index (χ2v) is 4.79. The minimum atomic E-state index is -0.446. The van der Waals surface area contributed by atoms with Crippen molar-refractivity contribution in [2.45, 2.75) is 19.8 Å². The van der Waals surface area contributed by atoms with Crippen molar-refractivity contribution >= 4 is 23.3 Å². The van der Waals surface area contributed by atoms with E-state index in [-0.39, 0.29) is 12.6 Å². The topological polar surface area (TPSA) is 47.9 Å². The molecule has 4 nitrogen and oxygen atoms in total. The largest absolute Gasteiger partial charge is 0.465 e. The Bertz CT molecular complexity index is 470. The van der Waals surface area contributed by atoms with E-state index in [1.54, 1.807) is 12.1 Å². The molecular formula is C14H16ClNO3. The van der Waals surface area contributed by atoms with Gasteiger partial charge >= 0.3 is 5.97 Å². The molecule has 2 rings (SSSR count). The lowest BCUT2D eigenvalue weighted by Gasteiger charge is -2.10.